The highest BCUT2D eigenvalue weighted by Crippen LogP contribution is 2.38. The molecule has 5 heteroatoms. The van der Waals surface area contributed by atoms with Crippen LogP contribution in [-0.2, 0) is 4.79 Å². The molecule has 1 fully saturated rings. The lowest BCUT2D eigenvalue weighted by molar-refractivity contribution is -0.137. The van der Waals surface area contributed by atoms with E-state index in [0.717, 1.165) is 22.4 Å². The van der Waals surface area contributed by atoms with Gasteiger partial charge in [-0.25, -0.2) is 4.98 Å². The summed E-state index contributed by atoms with van der Waals surface area (Å²) in [5.41, 5.74) is 9.12. The number of aliphatic carboxylic acids is 1. The minimum Gasteiger partial charge on any atom is -0.481 e. The molecular weight excluding hydrogens is 254 g/mol. The fraction of sp³-hybridized carbons (Fsp3) is 0.467. The summed E-state index contributed by atoms with van der Waals surface area (Å²) in [6.07, 6.45) is 3.00. The summed E-state index contributed by atoms with van der Waals surface area (Å²) in [5, 5.41) is 8.72. The zero-order valence-electron chi connectivity index (χ0n) is 11.5. The zero-order valence-corrected chi connectivity index (χ0v) is 11.5. The Bertz CT molecular complexity index is 658. The first-order chi connectivity index (χ1) is 9.56. The molecule has 0 spiro atoms. The number of carboxylic acids is 1. The summed E-state index contributed by atoms with van der Waals surface area (Å²) < 4.78 is 2.29. The molecule has 3 N–H and O–H groups in total. The molecule has 1 atom stereocenters. The molecule has 1 aliphatic rings. The van der Waals surface area contributed by atoms with Gasteiger partial charge in [-0.05, 0) is 43.9 Å². The van der Waals surface area contributed by atoms with Gasteiger partial charge in [0.05, 0.1) is 11.0 Å². The SMILES string of the molecule is Cc1nc2cc(C(N)CCC(=O)O)ccc2n1C1CC1. The first kappa shape index (κ1) is 13.1. The van der Waals surface area contributed by atoms with Gasteiger partial charge in [0, 0.05) is 18.5 Å². The van der Waals surface area contributed by atoms with Gasteiger partial charge in [0.2, 0.25) is 0 Å². The lowest BCUT2D eigenvalue weighted by Gasteiger charge is -2.11. The second kappa shape index (κ2) is 4.90. The summed E-state index contributed by atoms with van der Waals surface area (Å²) in [6.45, 7) is 2.03. The number of hydrogen-bond donors (Lipinski definition) is 2. The van der Waals surface area contributed by atoms with Crippen molar-refractivity contribution >= 4 is 17.0 Å². The van der Waals surface area contributed by atoms with E-state index in [2.05, 4.69) is 15.6 Å². The molecule has 2 aromatic rings. The maximum absolute atomic E-state index is 10.6. The number of rotatable bonds is 5. The summed E-state index contributed by atoms with van der Waals surface area (Å²) in [7, 11) is 0. The molecule has 1 aromatic heterocycles. The minimum absolute atomic E-state index is 0.0920. The van der Waals surface area contributed by atoms with Crippen LogP contribution in [0.1, 0.15) is 49.2 Å². The maximum Gasteiger partial charge on any atom is 0.303 e. The van der Waals surface area contributed by atoms with Crippen LogP contribution >= 0.6 is 0 Å². The number of nitrogens with zero attached hydrogens (tertiary/aromatic N) is 2. The lowest BCUT2D eigenvalue weighted by Crippen LogP contribution is -2.12. The van der Waals surface area contributed by atoms with Crippen molar-refractivity contribution in [3.05, 3.63) is 29.6 Å². The second-order valence-corrected chi connectivity index (χ2v) is 5.55. The molecule has 3 rings (SSSR count). The van der Waals surface area contributed by atoms with Crippen molar-refractivity contribution in [2.75, 3.05) is 0 Å². The molecule has 5 nitrogen and oxygen atoms in total. The van der Waals surface area contributed by atoms with Gasteiger partial charge < -0.3 is 15.4 Å². The van der Waals surface area contributed by atoms with Crippen LogP contribution in [0.4, 0.5) is 0 Å². The van der Waals surface area contributed by atoms with Crippen LogP contribution in [0.3, 0.4) is 0 Å². The van der Waals surface area contributed by atoms with E-state index in [9.17, 15) is 4.79 Å². The van der Waals surface area contributed by atoms with Gasteiger partial charge in [0.25, 0.3) is 0 Å². The number of aryl methyl sites for hydroxylation is 1. The Kier molecular flexibility index (Phi) is 3.22. The van der Waals surface area contributed by atoms with E-state index in [1.54, 1.807) is 0 Å². The number of fused-ring (bicyclic) bond motifs is 1. The minimum atomic E-state index is -0.810. The van der Waals surface area contributed by atoms with E-state index < -0.39 is 5.97 Å². The standard InChI is InChI=1S/C15H19N3O2/c1-9-17-13-8-10(12(16)5-7-15(19)20)2-6-14(13)18(9)11-3-4-11/h2,6,8,11-12H,3-5,7,16H2,1H3,(H,19,20). The molecule has 0 aliphatic heterocycles. The number of carbonyl (C=O) groups is 1. The van der Waals surface area contributed by atoms with E-state index >= 15 is 0 Å². The molecule has 1 aliphatic carbocycles. The maximum atomic E-state index is 10.6. The summed E-state index contributed by atoms with van der Waals surface area (Å²) in [6, 6.07) is 6.40. The van der Waals surface area contributed by atoms with E-state index in [0.29, 0.717) is 12.5 Å². The van der Waals surface area contributed by atoms with Crippen molar-refractivity contribution in [1.82, 2.24) is 9.55 Å². The average molecular weight is 273 g/mol. The van der Waals surface area contributed by atoms with E-state index in [-0.39, 0.29) is 12.5 Å². The van der Waals surface area contributed by atoms with Crippen LogP contribution in [-0.4, -0.2) is 20.6 Å². The van der Waals surface area contributed by atoms with Crippen LogP contribution in [0.5, 0.6) is 0 Å². The molecule has 0 amide bonds. The molecule has 1 aromatic carbocycles. The number of benzene rings is 1. The fourth-order valence-electron chi connectivity index (χ4n) is 2.71. The van der Waals surface area contributed by atoms with E-state index in [1.165, 1.54) is 12.8 Å². The first-order valence-corrected chi connectivity index (χ1v) is 7.02. The third-order valence-corrected chi connectivity index (χ3v) is 3.90. The van der Waals surface area contributed by atoms with Gasteiger partial charge in [0.1, 0.15) is 5.82 Å². The summed E-state index contributed by atoms with van der Waals surface area (Å²) in [5.74, 6) is 0.231. The number of nitrogens with two attached hydrogens (primary N) is 1. The Hall–Kier alpha value is -1.88. The summed E-state index contributed by atoms with van der Waals surface area (Å²) >= 11 is 0. The highest BCUT2D eigenvalue weighted by Gasteiger charge is 2.27. The van der Waals surface area contributed by atoms with Crippen LogP contribution in [0.25, 0.3) is 11.0 Å². The van der Waals surface area contributed by atoms with Crippen molar-refractivity contribution in [3.8, 4) is 0 Å². The quantitative estimate of drug-likeness (QED) is 0.877. The molecule has 1 saturated carbocycles. The van der Waals surface area contributed by atoms with Crippen molar-refractivity contribution in [3.63, 3.8) is 0 Å². The molecule has 1 unspecified atom stereocenters. The third-order valence-electron chi connectivity index (χ3n) is 3.90. The van der Waals surface area contributed by atoms with Gasteiger partial charge in [-0.15, -0.1) is 0 Å². The van der Waals surface area contributed by atoms with Gasteiger partial charge in [0.15, 0.2) is 0 Å². The van der Waals surface area contributed by atoms with Crippen LogP contribution in [0, 0.1) is 6.92 Å². The van der Waals surface area contributed by atoms with Crippen LogP contribution < -0.4 is 5.73 Å². The normalized spacial score (nSPS) is 16.5. The monoisotopic (exact) mass is 273 g/mol. The van der Waals surface area contributed by atoms with Crippen molar-refractivity contribution in [2.45, 2.75) is 44.7 Å². The van der Waals surface area contributed by atoms with Crippen LogP contribution in [0.2, 0.25) is 0 Å². The Labute approximate surface area is 117 Å². The van der Waals surface area contributed by atoms with Gasteiger partial charge in [-0.2, -0.15) is 0 Å². The Morgan fingerprint density at radius 1 is 1.55 bits per heavy atom. The molecule has 0 bridgehead atoms. The molecule has 106 valence electrons. The molecule has 20 heavy (non-hydrogen) atoms. The van der Waals surface area contributed by atoms with Crippen molar-refractivity contribution in [2.24, 2.45) is 5.73 Å². The van der Waals surface area contributed by atoms with Gasteiger partial charge in [-0.1, -0.05) is 6.07 Å². The molecule has 0 radical (unpaired) electrons. The van der Waals surface area contributed by atoms with Crippen molar-refractivity contribution in [1.29, 1.82) is 0 Å². The molecule has 0 saturated heterocycles. The second-order valence-electron chi connectivity index (χ2n) is 5.55. The van der Waals surface area contributed by atoms with Gasteiger partial charge >= 0.3 is 5.97 Å². The van der Waals surface area contributed by atoms with E-state index in [1.807, 2.05) is 19.1 Å². The predicted molar refractivity (Wildman–Crippen MR) is 76.5 cm³/mol. The zero-order chi connectivity index (χ0) is 14.3. The van der Waals surface area contributed by atoms with Crippen LogP contribution in [0.15, 0.2) is 18.2 Å². The van der Waals surface area contributed by atoms with Gasteiger partial charge in [-0.3, -0.25) is 4.79 Å². The lowest BCUT2D eigenvalue weighted by atomic mass is 10.0. The largest absolute Gasteiger partial charge is 0.481 e. The van der Waals surface area contributed by atoms with Crippen molar-refractivity contribution < 1.29 is 9.90 Å². The Morgan fingerprint density at radius 2 is 2.30 bits per heavy atom. The Balaban J connectivity index is 1.89. The topological polar surface area (TPSA) is 81.1 Å². The average Bonchev–Trinajstić information content (AvgIpc) is 3.17. The molecular formula is C15H19N3O2. The fourth-order valence-corrected chi connectivity index (χ4v) is 2.71. The Morgan fingerprint density at radius 3 is 2.95 bits per heavy atom. The number of hydrogen-bond acceptors (Lipinski definition) is 3. The third kappa shape index (κ3) is 2.41. The number of aromatic nitrogens is 2. The first-order valence-electron chi connectivity index (χ1n) is 7.02. The number of carboxylic acid groups (broad SMARTS) is 1. The molecule has 1 heterocycles. The highest BCUT2D eigenvalue weighted by atomic mass is 16.4. The predicted octanol–water partition coefficient (Wildman–Crippen LogP) is 2.54. The smallest absolute Gasteiger partial charge is 0.303 e. The highest BCUT2D eigenvalue weighted by molar-refractivity contribution is 5.77. The van der Waals surface area contributed by atoms with E-state index in [4.69, 9.17) is 10.8 Å². The summed E-state index contributed by atoms with van der Waals surface area (Å²) in [4.78, 5) is 15.2. The number of imidazole rings is 1.